The van der Waals surface area contributed by atoms with Crippen LogP contribution in [0.1, 0.15) is 27.3 Å². The molecule has 1 N–H and O–H groups in total. The van der Waals surface area contributed by atoms with Gasteiger partial charge in [-0.25, -0.2) is 0 Å². The highest BCUT2D eigenvalue weighted by Gasteiger charge is 2.13. The largest absolute Gasteiger partial charge is 0.374 e. The van der Waals surface area contributed by atoms with Crippen LogP contribution in [0.15, 0.2) is 30.3 Å². The monoisotopic (exact) mass is 286 g/mol. The number of nitrogens with one attached hydrogen (secondary N) is 1. The first kappa shape index (κ1) is 13.7. The molecule has 0 spiro atoms. The molecule has 3 rings (SSSR count). The molecule has 0 amide bonds. The minimum absolute atomic E-state index is 0.952. The SMILES string of the molecule is Cc1ccc(CNCc2ccc3c(c2)CCCN3C)s1. The van der Waals surface area contributed by atoms with E-state index in [4.69, 9.17) is 0 Å². The molecule has 0 saturated carbocycles. The van der Waals surface area contributed by atoms with Gasteiger partial charge in [0.2, 0.25) is 0 Å². The minimum atomic E-state index is 0.952. The molecular weight excluding hydrogens is 264 g/mol. The molecule has 1 aliphatic rings. The van der Waals surface area contributed by atoms with Gasteiger partial charge in [-0.1, -0.05) is 12.1 Å². The Labute approximate surface area is 125 Å². The Bertz CT molecular complexity index is 588. The van der Waals surface area contributed by atoms with Crippen LogP contribution in [0.2, 0.25) is 0 Å². The topological polar surface area (TPSA) is 15.3 Å². The molecule has 1 aliphatic heterocycles. The quantitative estimate of drug-likeness (QED) is 0.921. The standard InChI is InChI=1S/C17H22N2S/c1-13-5-7-16(20-13)12-18-11-14-6-8-17-15(10-14)4-3-9-19(17)2/h5-8,10,18H,3-4,9,11-12H2,1-2H3. The molecule has 0 aliphatic carbocycles. The molecule has 0 fully saturated rings. The van der Waals surface area contributed by atoms with Gasteiger partial charge in [0.05, 0.1) is 0 Å². The number of anilines is 1. The maximum absolute atomic E-state index is 3.55. The molecule has 3 heteroatoms. The first-order valence-electron chi connectivity index (χ1n) is 7.31. The number of fused-ring (bicyclic) bond motifs is 1. The molecule has 0 radical (unpaired) electrons. The van der Waals surface area contributed by atoms with Crippen LogP contribution < -0.4 is 10.2 Å². The second-order valence-corrected chi connectivity index (χ2v) is 6.98. The Morgan fingerprint density at radius 3 is 2.90 bits per heavy atom. The van der Waals surface area contributed by atoms with E-state index >= 15 is 0 Å². The fourth-order valence-electron chi connectivity index (χ4n) is 2.86. The van der Waals surface area contributed by atoms with Crippen LogP contribution >= 0.6 is 11.3 Å². The van der Waals surface area contributed by atoms with Gasteiger partial charge in [-0.05, 0) is 49.1 Å². The van der Waals surface area contributed by atoms with Gasteiger partial charge in [0.25, 0.3) is 0 Å². The van der Waals surface area contributed by atoms with Gasteiger partial charge in [0, 0.05) is 42.1 Å². The van der Waals surface area contributed by atoms with Crippen molar-refractivity contribution < 1.29 is 0 Å². The lowest BCUT2D eigenvalue weighted by Crippen LogP contribution is -2.24. The fraction of sp³-hybridized carbons (Fsp3) is 0.412. The number of nitrogens with zero attached hydrogens (tertiary/aromatic N) is 1. The normalized spacial score (nSPS) is 14.4. The lowest BCUT2D eigenvalue weighted by molar-refractivity contribution is 0.695. The Balaban J connectivity index is 1.60. The number of benzene rings is 1. The second-order valence-electron chi connectivity index (χ2n) is 5.60. The van der Waals surface area contributed by atoms with E-state index in [1.165, 1.54) is 46.0 Å². The molecule has 0 unspecified atom stereocenters. The number of rotatable bonds is 4. The van der Waals surface area contributed by atoms with Crippen LogP contribution in [0.25, 0.3) is 0 Å². The highest BCUT2D eigenvalue weighted by Crippen LogP contribution is 2.26. The predicted molar refractivity (Wildman–Crippen MR) is 87.6 cm³/mol. The third-order valence-corrected chi connectivity index (χ3v) is 4.92. The zero-order chi connectivity index (χ0) is 13.9. The van der Waals surface area contributed by atoms with Crippen LogP contribution in [0.5, 0.6) is 0 Å². The van der Waals surface area contributed by atoms with Crippen molar-refractivity contribution in [2.75, 3.05) is 18.5 Å². The van der Waals surface area contributed by atoms with E-state index in [2.05, 4.69) is 54.5 Å². The van der Waals surface area contributed by atoms with Crippen LogP contribution in [0.3, 0.4) is 0 Å². The van der Waals surface area contributed by atoms with Gasteiger partial charge in [-0.2, -0.15) is 0 Å². The first-order chi connectivity index (χ1) is 9.72. The Kier molecular flexibility index (Phi) is 4.08. The van der Waals surface area contributed by atoms with Crippen LogP contribution in [-0.2, 0) is 19.5 Å². The van der Waals surface area contributed by atoms with E-state index in [-0.39, 0.29) is 0 Å². The van der Waals surface area contributed by atoms with E-state index in [9.17, 15) is 0 Å². The molecule has 1 aromatic heterocycles. The summed E-state index contributed by atoms with van der Waals surface area (Å²) in [4.78, 5) is 5.17. The van der Waals surface area contributed by atoms with E-state index < -0.39 is 0 Å². The Hall–Kier alpha value is -1.32. The summed E-state index contributed by atoms with van der Waals surface area (Å²) in [7, 11) is 2.19. The minimum Gasteiger partial charge on any atom is -0.374 e. The first-order valence-corrected chi connectivity index (χ1v) is 8.13. The van der Waals surface area contributed by atoms with Crippen molar-refractivity contribution in [3.8, 4) is 0 Å². The van der Waals surface area contributed by atoms with Crippen molar-refractivity contribution in [1.29, 1.82) is 0 Å². The van der Waals surface area contributed by atoms with Crippen molar-refractivity contribution >= 4 is 17.0 Å². The Morgan fingerprint density at radius 1 is 1.20 bits per heavy atom. The maximum atomic E-state index is 3.55. The lowest BCUT2D eigenvalue weighted by atomic mass is 9.99. The average Bonchev–Trinajstić information content (AvgIpc) is 2.85. The van der Waals surface area contributed by atoms with Gasteiger partial charge >= 0.3 is 0 Å². The third kappa shape index (κ3) is 3.05. The van der Waals surface area contributed by atoms with E-state index in [0.717, 1.165) is 13.1 Å². The summed E-state index contributed by atoms with van der Waals surface area (Å²) in [6.07, 6.45) is 2.49. The van der Waals surface area contributed by atoms with E-state index in [1.807, 2.05) is 11.3 Å². The van der Waals surface area contributed by atoms with Gasteiger partial charge in [0.15, 0.2) is 0 Å². The molecule has 2 aromatic rings. The molecule has 0 atom stereocenters. The predicted octanol–water partition coefficient (Wildman–Crippen LogP) is 3.73. The number of hydrogen-bond donors (Lipinski definition) is 1. The van der Waals surface area contributed by atoms with Crippen LogP contribution in [-0.4, -0.2) is 13.6 Å². The third-order valence-electron chi connectivity index (χ3n) is 3.92. The van der Waals surface area contributed by atoms with E-state index in [1.54, 1.807) is 0 Å². The Morgan fingerprint density at radius 2 is 2.10 bits per heavy atom. The summed E-state index contributed by atoms with van der Waals surface area (Å²) in [6.45, 7) is 5.26. The number of aryl methyl sites for hydroxylation is 2. The van der Waals surface area contributed by atoms with Crippen LogP contribution in [0.4, 0.5) is 5.69 Å². The molecule has 2 nitrogen and oxygen atoms in total. The van der Waals surface area contributed by atoms with Gasteiger partial charge < -0.3 is 10.2 Å². The van der Waals surface area contributed by atoms with Crippen molar-refractivity contribution in [2.24, 2.45) is 0 Å². The lowest BCUT2D eigenvalue weighted by Gasteiger charge is -2.27. The number of hydrogen-bond acceptors (Lipinski definition) is 3. The fourth-order valence-corrected chi connectivity index (χ4v) is 3.72. The maximum Gasteiger partial charge on any atom is 0.0396 e. The van der Waals surface area contributed by atoms with Crippen molar-refractivity contribution in [2.45, 2.75) is 32.9 Å². The highest BCUT2D eigenvalue weighted by atomic mass is 32.1. The van der Waals surface area contributed by atoms with Crippen molar-refractivity contribution in [1.82, 2.24) is 5.32 Å². The molecule has 106 valence electrons. The summed E-state index contributed by atoms with van der Waals surface area (Å²) in [5, 5.41) is 3.55. The van der Waals surface area contributed by atoms with E-state index in [0.29, 0.717) is 0 Å². The second kappa shape index (κ2) is 5.98. The van der Waals surface area contributed by atoms with Gasteiger partial charge in [0.1, 0.15) is 0 Å². The van der Waals surface area contributed by atoms with Crippen molar-refractivity contribution in [3.05, 3.63) is 51.2 Å². The van der Waals surface area contributed by atoms with Crippen LogP contribution in [0, 0.1) is 6.92 Å². The molecule has 0 saturated heterocycles. The van der Waals surface area contributed by atoms with Gasteiger partial charge in [-0.3, -0.25) is 0 Å². The molecular formula is C17H22N2S. The van der Waals surface area contributed by atoms with Crippen molar-refractivity contribution in [3.63, 3.8) is 0 Å². The average molecular weight is 286 g/mol. The summed E-state index contributed by atoms with van der Waals surface area (Å²) >= 11 is 1.88. The molecule has 1 aromatic carbocycles. The van der Waals surface area contributed by atoms with Gasteiger partial charge in [-0.15, -0.1) is 11.3 Å². The molecule has 20 heavy (non-hydrogen) atoms. The summed E-state index contributed by atoms with van der Waals surface area (Å²) < 4.78 is 0. The number of thiophene rings is 1. The molecule has 2 heterocycles. The summed E-state index contributed by atoms with van der Waals surface area (Å²) in [6, 6.07) is 11.3. The summed E-state index contributed by atoms with van der Waals surface area (Å²) in [5.74, 6) is 0. The zero-order valence-corrected chi connectivity index (χ0v) is 13.1. The zero-order valence-electron chi connectivity index (χ0n) is 12.3. The molecule has 0 bridgehead atoms. The smallest absolute Gasteiger partial charge is 0.0396 e. The summed E-state index contributed by atoms with van der Waals surface area (Å²) in [5.41, 5.74) is 4.31. The highest BCUT2D eigenvalue weighted by molar-refractivity contribution is 7.11.